The highest BCUT2D eigenvalue weighted by atomic mass is 16.5. The van der Waals surface area contributed by atoms with Crippen LogP contribution in [0.3, 0.4) is 0 Å². The van der Waals surface area contributed by atoms with E-state index >= 15 is 0 Å². The van der Waals surface area contributed by atoms with Crippen molar-refractivity contribution in [3.05, 3.63) is 90.5 Å². The zero-order valence-electron chi connectivity index (χ0n) is 15.0. The van der Waals surface area contributed by atoms with E-state index in [0.29, 0.717) is 5.56 Å². The number of carbonyl (C=O) groups excluding carboxylic acids is 1. The van der Waals surface area contributed by atoms with Gasteiger partial charge in [-0.15, -0.1) is 0 Å². The number of amides is 1. The number of carbonyl (C=O) groups is 1. The first kappa shape index (κ1) is 17.2. The van der Waals surface area contributed by atoms with Crippen LogP contribution in [0, 0.1) is 0 Å². The molecule has 0 saturated carbocycles. The standard InChI is InChI=1S/C23H22N2O2/c26-23(18-7-3-1-4-8-18)24-19-11-13-20(14-12-19)25-16-15-22(17-25)27-21-9-5-2-6-10-21/h1-14,22H,15-17H2,(H,24,26). The maximum atomic E-state index is 12.2. The average Bonchev–Trinajstić information content (AvgIpc) is 3.18. The number of ether oxygens (including phenoxy) is 1. The molecule has 1 N–H and O–H groups in total. The van der Waals surface area contributed by atoms with Crippen LogP contribution < -0.4 is 15.0 Å². The molecule has 1 heterocycles. The first-order chi connectivity index (χ1) is 13.3. The maximum Gasteiger partial charge on any atom is 0.255 e. The topological polar surface area (TPSA) is 41.6 Å². The van der Waals surface area contributed by atoms with Crippen LogP contribution in [-0.2, 0) is 0 Å². The summed E-state index contributed by atoms with van der Waals surface area (Å²) < 4.78 is 6.05. The van der Waals surface area contributed by atoms with E-state index in [-0.39, 0.29) is 12.0 Å². The van der Waals surface area contributed by atoms with Gasteiger partial charge in [0.05, 0.1) is 6.54 Å². The smallest absolute Gasteiger partial charge is 0.255 e. The van der Waals surface area contributed by atoms with Crippen LogP contribution in [0.4, 0.5) is 11.4 Å². The summed E-state index contributed by atoms with van der Waals surface area (Å²) in [5.41, 5.74) is 2.60. The zero-order chi connectivity index (χ0) is 18.5. The molecule has 1 fully saturated rings. The molecule has 3 aromatic rings. The van der Waals surface area contributed by atoms with Gasteiger partial charge in [0.15, 0.2) is 0 Å². The summed E-state index contributed by atoms with van der Waals surface area (Å²) in [7, 11) is 0. The van der Waals surface area contributed by atoms with Gasteiger partial charge in [0, 0.05) is 29.9 Å². The van der Waals surface area contributed by atoms with Crippen molar-refractivity contribution in [1.29, 1.82) is 0 Å². The zero-order valence-corrected chi connectivity index (χ0v) is 15.0. The van der Waals surface area contributed by atoms with Crippen LogP contribution >= 0.6 is 0 Å². The Labute approximate surface area is 159 Å². The molecule has 1 aliphatic heterocycles. The highest BCUT2D eigenvalue weighted by Crippen LogP contribution is 2.25. The van der Waals surface area contributed by atoms with Crippen molar-refractivity contribution >= 4 is 17.3 Å². The Morgan fingerprint density at radius 2 is 1.56 bits per heavy atom. The van der Waals surface area contributed by atoms with Crippen molar-refractivity contribution in [1.82, 2.24) is 0 Å². The van der Waals surface area contributed by atoms with Crippen molar-refractivity contribution in [3.63, 3.8) is 0 Å². The highest BCUT2D eigenvalue weighted by Gasteiger charge is 2.24. The second kappa shape index (κ2) is 7.96. The van der Waals surface area contributed by atoms with Crippen LogP contribution in [0.15, 0.2) is 84.9 Å². The molecule has 1 amide bonds. The van der Waals surface area contributed by atoms with Crippen molar-refractivity contribution in [2.24, 2.45) is 0 Å². The van der Waals surface area contributed by atoms with Gasteiger partial charge in [0.2, 0.25) is 0 Å². The molecule has 1 saturated heterocycles. The van der Waals surface area contributed by atoms with E-state index in [1.807, 2.05) is 72.8 Å². The number of para-hydroxylation sites is 1. The number of rotatable bonds is 5. The molecule has 4 heteroatoms. The lowest BCUT2D eigenvalue weighted by Crippen LogP contribution is -2.24. The maximum absolute atomic E-state index is 12.2. The molecular formula is C23H22N2O2. The number of hydrogen-bond acceptors (Lipinski definition) is 3. The van der Waals surface area contributed by atoms with Crippen LogP contribution in [-0.4, -0.2) is 25.1 Å². The largest absolute Gasteiger partial charge is 0.489 e. The van der Waals surface area contributed by atoms with E-state index in [1.165, 1.54) is 0 Å². The predicted molar refractivity (Wildman–Crippen MR) is 109 cm³/mol. The molecule has 0 radical (unpaired) electrons. The Hall–Kier alpha value is -3.27. The van der Waals surface area contributed by atoms with Crippen molar-refractivity contribution in [3.8, 4) is 5.75 Å². The van der Waals surface area contributed by atoms with Crippen molar-refractivity contribution in [2.45, 2.75) is 12.5 Å². The van der Waals surface area contributed by atoms with Crippen LogP contribution in [0.1, 0.15) is 16.8 Å². The Balaban J connectivity index is 1.35. The van der Waals surface area contributed by atoms with E-state index in [2.05, 4.69) is 10.2 Å². The molecule has 1 atom stereocenters. The number of nitrogens with zero attached hydrogens (tertiary/aromatic N) is 1. The monoisotopic (exact) mass is 358 g/mol. The molecule has 3 aromatic carbocycles. The Bertz CT molecular complexity index is 879. The van der Waals surface area contributed by atoms with Gasteiger partial charge in [-0.2, -0.15) is 0 Å². The van der Waals surface area contributed by atoms with E-state index in [1.54, 1.807) is 12.1 Å². The molecule has 0 aromatic heterocycles. The second-order valence-electron chi connectivity index (χ2n) is 6.65. The summed E-state index contributed by atoms with van der Waals surface area (Å²) in [4.78, 5) is 14.5. The van der Waals surface area contributed by atoms with E-state index in [4.69, 9.17) is 4.74 Å². The normalized spacial score (nSPS) is 16.1. The highest BCUT2D eigenvalue weighted by molar-refractivity contribution is 6.04. The van der Waals surface area contributed by atoms with Gasteiger partial charge >= 0.3 is 0 Å². The molecule has 4 nitrogen and oxygen atoms in total. The van der Waals surface area contributed by atoms with Crippen LogP contribution in [0.5, 0.6) is 5.75 Å². The Morgan fingerprint density at radius 1 is 0.889 bits per heavy atom. The lowest BCUT2D eigenvalue weighted by molar-refractivity contribution is 0.102. The molecule has 0 aliphatic carbocycles. The summed E-state index contributed by atoms with van der Waals surface area (Å²) in [6.07, 6.45) is 1.20. The molecule has 1 aliphatic rings. The molecule has 1 unspecified atom stereocenters. The van der Waals surface area contributed by atoms with Gasteiger partial charge in [-0.3, -0.25) is 4.79 Å². The third kappa shape index (κ3) is 4.29. The van der Waals surface area contributed by atoms with Gasteiger partial charge < -0.3 is 15.0 Å². The van der Waals surface area contributed by atoms with Crippen molar-refractivity contribution in [2.75, 3.05) is 23.3 Å². The first-order valence-electron chi connectivity index (χ1n) is 9.21. The molecule has 136 valence electrons. The third-order valence-electron chi connectivity index (χ3n) is 4.72. The Morgan fingerprint density at radius 3 is 2.26 bits per heavy atom. The fraction of sp³-hybridized carbons (Fsp3) is 0.174. The van der Waals surface area contributed by atoms with Gasteiger partial charge in [0.1, 0.15) is 11.9 Å². The molecule has 27 heavy (non-hydrogen) atoms. The minimum Gasteiger partial charge on any atom is -0.489 e. The van der Waals surface area contributed by atoms with Crippen molar-refractivity contribution < 1.29 is 9.53 Å². The third-order valence-corrected chi connectivity index (χ3v) is 4.72. The van der Waals surface area contributed by atoms with Crippen LogP contribution in [0.25, 0.3) is 0 Å². The predicted octanol–water partition coefficient (Wildman–Crippen LogP) is 4.60. The van der Waals surface area contributed by atoms with E-state index in [9.17, 15) is 4.79 Å². The SMILES string of the molecule is O=C(Nc1ccc(N2CCC(Oc3ccccc3)C2)cc1)c1ccccc1. The number of benzene rings is 3. The average molecular weight is 358 g/mol. The molecule has 0 spiro atoms. The number of nitrogens with one attached hydrogen (secondary N) is 1. The summed E-state index contributed by atoms with van der Waals surface area (Å²) in [6.45, 7) is 1.83. The minimum absolute atomic E-state index is 0.0964. The fourth-order valence-corrected chi connectivity index (χ4v) is 3.30. The quantitative estimate of drug-likeness (QED) is 0.725. The van der Waals surface area contributed by atoms with E-state index < -0.39 is 0 Å². The minimum atomic E-state index is -0.0964. The summed E-state index contributed by atoms with van der Waals surface area (Å²) in [5, 5.41) is 2.94. The lowest BCUT2D eigenvalue weighted by atomic mass is 10.2. The van der Waals surface area contributed by atoms with Crippen LogP contribution in [0.2, 0.25) is 0 Å². The lowest BCUT2D eigenvalue weighted by Gasteiger charge is -2.19. The summed E-state index contributed by atoms with van der Waals surface area (Å²) >= 11 is 0. The van der Waals surface area contributed by atoms with Gasteiger partial charge in [-0.1, -0.05) is 36.4 Å². The first-order valence-corrected chi connectivity index (χ1v) is 9.21. The second-order valence-corrected chi connectivity index (χ2v) is 6.65. The summed E-state index contributed by atoms with van der Waals surface area (Å²) in [6, 6.07) is 27.2. The van der Waals surface area contributed by atoms with Gasteiger partial charge in [-0.25, -0.2) is 0 Å². The molecule has 0 bridgehead atoms. The number of anilines is 2. The van der Waals surface area contributed by atoms with E-state index in [0.717, 1.165) is 36.6 Å². The fourth-order valence-electron chi connectivity index (χ4n) is 3.30. The molecular weight excluding hydrogens is 336 g/mol. The Kier molecular flexibility index (Phi) is 5.06. The van der Waals surface area contributed by atoms with Gasteiger partial charge in [0.25, 0.3) is 5.91 Å². The summed E-state index contributed by atoms with van der Waals surface area (Å²) in [5.74, 6) is 0.823. The molecule has 4 rings (SSSR count). The van der Waals surface area contributed by atoms with Gasteiger partial charge in [-0.05, 0) is 48.5 Å². The number of hydrogen-bond donors (Lipinski definition) is 1.